The molecule has 0 amide bonds. The molecular weight excluding hydrogens is 382 g/mol. The minimum atomic E-state index is 0.727. The molecule has 0 aliphatic heterocycles. The van der Waals surface area contributed by atoms with E-state index in [2.05, 4.69) is 73.0 Å². The topological polar surface area (TPSA) is 46.2 Å². The Hall–Kier alpha value is -3.79. The van der Waals surface area contributed by atoms with Crippen molar-refractivity contribution in [2.24, 2.45) is 0 Å². The van der Waals surface area contributed by atoms with E-state index >= 15 is 0 Å². The Labute approximate surface area is 183 Å². The van der Waals surface area contributed by atoms with E-state index in [1.165, 1.54) is 11.1 Å². The van der Waals surface area contributed by atoms with Crippen LogP contribution < -0.4 is 15.4 Å². The molecule has 4 rings (SSSR count). The number of para-hydroxylation sites is 3. The first-order valence-corrected chi connectivity index (χ1v) is 10.4. The normalized spacial score (nSPS) is 11.1. The first-order chi connectivity index (χ1) is 15.2. The summed E-state index contributed by atoms with van der Waals surface area (Å²) >= 11 is 0. The molecule has 0 radical (unpaired) electrons. The lowest BCUT2D eigenvalue weighted by atomic mass is 10.1. The van der Waals surface area contributed by atoms with Gasteiger partial charge >= 0.3 is 0 Å². The van der Waals surface area contributed by atoms with Crippen molar-refractivity contribution in [3.8, 4) is 5.75 Å². The highest BCUT2D eigenvalue weighted by Gasteiger charge is 2.12. The number of rotatable bonds is 7. The van der Waals surface area contributed by atoms with Crippen LogP contribution in [0.2, 0.25) is 0 Å². The number of hydrogen-bond donors (Lipinski definition) is 2. The van der Waals surface area contributed by atoms with E-state index < -0.39 is 0 Å². The zero-order valence-electron chi connectivity index (χ0n) is 18.1. The van der Waals surface area contributed by atoms with Crippen molar-refractivity contribution in [1.29, 1.82) is 0 Å². The molecule has 0 saturated heterocycles. The fraction of sp³-hybridized carbons (Fsp3) is 0.148. The van der Waals surface area contributed by atoms with Crippen molar-refractivity contribution >= 4 is 34.0 Å². The molecule has 156 valence electrons. The van der Waals surface area contributed by atoms with Crippen LogP contribution in [0.15, 0.2) is 79.0 Å². The van der Waals surface area contributed by atoms with Crippen LogP contribution in [0, 0.1) is 13.8 Å². The Morgan fingerprint density at radius 3 is 2.29 bits per heavy atom. The van der Waals surface area contributed by atoms with Gasteiger partial charge in [-0.15, -0.1) is 0 Å². The number of aryl methyl sites for hydroxylation is 2. The van der Waals surface area contributed by atoms with Gasteiger partial charge in [0, 0.05) is 35.1 Å². The molecule has 0 unspecified atom stereocenters. The lowest BCUT2D eigenvalue weighted by molar-refractivity contribution is 0.419. The summed E-state index contributed by atoms with van der Waals surface area (Å²) in [6, 6.07) is 22.6. The van der Waals surface area contributed by atoms with Crippen molar-refractivity contribution in [1.82, 2.24) is 4.98 Å². The average Bonchev–Trinajstić information content (AvgIpc) is 2.79. The van der Waals surface area contributed by atoms with Crippen LogP contribution in [0.25, 0.3) is 17.0 Å². The van der Waals surface area contributed by atoms with Gasteiger partial charge in [-0.3, -0.25) is 4.98 Å². The Balaban J connectivity index is 1.68. The predicted molar refractivity (Wildman–Crippen MR) is 131 cm³/mol. The van der Waals surface area contributed by atoms with Gasteiger partial charge < -0.3 is 15.4 Å². The van der Waals surface area contributed by atoms with E-state index in [-0.39, 0.29) is 0 Å². The van der Waals surface area contributed by atoms with Crippen LogP contribution in [-0.4, -0.2) is 18.6 Å². The number of pyridine rings is 1. The lowest BCUT2D eigenvalue weighted by Gasteiger charge is -2.16. The molecule has 0 aliphatic carbocycles. The van der Waals surface area contributed by atoms with Crippen LogP contribution in [0.3, 0.4) is 0 Å². The van der Waals surface area contributed by atoms with Gasteiger partial charge in [0.2, 0.25) is 0 Å². The average molecular weight is 410 g/mol. The number of benzene rings is 3. The van der Waals surface area contributed by atoms with Crippen LogP contribution in [-0.2, 0) is 0 Å². The highest BCUT2D eigenvalue weighted by Crippen LogP contribution is 2.34. The third-order valence-electron chi connectivity index (χ3n) is 5.37. The predicted octanol–water partition coefficient (Wildman–Crippen LogP) is 6.73. The third-order valence-corrected chi connectivity index (χ3v) is 5.37. The fourth-order valence-electron chi connectivity index (χ4n) is 3.62. The second kappa shape index (κ2) is 9.35. The maximum absolute atomic E-state index is 5.54. The largest absolute Gasteiger partial charge is 0.494 e. The molecule has 31 heavy (non-hydrogen) atoms. The minimum Gasteiger partial charge on any atom is -0.494 e. The van der Waals surface area contributed by atoms with Crippen molar-refractivity contribution in [2.75, 3.05) is 24.3 Å². The second-order valence-corrected chi connectivity index (χ2v) is 7.48. The Morgan fingerprint density at radius 2 is 1.58 bits per heavy atom. The summed E-state index contributed by atoms with van der Waals surface area (Å²) < 4.78 is 5.54. The highest BCUT2D eigenvalue weighted by atomic mass is 16.5. The van der Waals surface area contributed by atoms with Crippen LogP contribution in [0.1, 0.15) is 16.7 Å². The zero-order chi connectivity index (χ0) is 21.6. The quantitative estimate of drug-likeness (QED) is 0.355. The molecule has 0 aliphatic rings. The Kier molecular flexibility index (Phi) is 6.18. The number of hydrogen-bond acceptors (Lipinski definition) is 4. The molecule has 0 bridgehead atoms. The monoisotopic (exact) mass is 409 g/mol. The fourth-order valence-corrected chi connectivity index (χ4v) is 3.62. The summed E-state index contributed by atoms with van der Waals surface area (Å²) in [7, 11) is 1.68. The van der Waals surface area contributed by atoms with Gasteiger partial charge in [-0.2, -0.15) is 0 Å². The summed E-state index contributed by atoms with van der Waals surface area (Å²) in [4.78, 5) is 4.69. The van der Waals surface area contributed by atoms with E-state index in [9.17, 15) is 0 Å². The third kappa shape index (κ3) is 4.53. The summed E-state index contributed by atoms with van der Waals surface area (Å²) in [6.45, 7) is 4.94. The summed E-state index contributed by atoms with van der Waals surface area (Å²) in [6.07, 6.45) is 6.13. The molecule has 4 nitrogen and oxygen atoms in total. The molecule has 0 spiro atoms. The summed E-state index contributed by atoms with van der Waals surface area (Å²) in [5.41, 5.74) is 7.53. The maximum Gasteiger partial charge on any atom is 0.145 e. The van der Waals surface area contributed by atoms with Crippen molar-refractivity contribution in [3.05, 3.63) is 95.7 Å². The van der Waals surface area contributed by atoms with Gasteiger partial charge in [-0.25, -0.2) is 0 Å². The van der Waals surface area contributed by atoms with Crippen molar-refractivity contribution < 1.29 is 4.74 Å². The first-order valence-electron chi connectivity index (χ1n) is 10.4. The molecule has 0 atom stereocenters. The van der Waals surface area contributed by atoms with E-state index in [0.717, 1.165) is 45.8 Å². The number of nitrogens with zero attached hydrogens (tertiary/aromatic N) is 1. The first kappa shape index (κ1) is 20.5. The van der Waals surface area contributed by atoms with Gasteiger partial charge in [-0.05, 0) is 43.2 Å². The number of nitrogens with one attached hydrogen (secondary N) is 2. The van der Waals surface area contributed by atoms with Gasteiger partial charge in [0.25, 0.3) is 0 Å². The highest BCUT2D eigenvalue weighted by molar-refractivity contribution is 6.00. The Bertz CT molecular complexity index is 1230. The van der Waals surface area contributed by atoms with E-state index in [4.69, 9.17) is 9.72 Å². The second-order valence-electron chi connectivity index (χ2n) is 7.48. The number of methoxy groups -OCH3 is 1. The maximum atomic E-state index is 5.54. The summed E-state index contributed by atoms with van der Waals surface area (Å²) in [5, 5.41) is 8.13. The smallest absolute Gasteiger partial charge is 0.145 e. The SMILES string of the molecule is COc1cccc2c(Nc3ccccc3C)c(C=CCNc3ccccc3C)cnc12. The zero-order valence-corrected chi connectivity index (χ0v) is 18.1. The van der Waals surface area contributed by atoms with Crippen molar-refractivity contribution in [3.63, 3.8) is 0 Å². The molecular formula is C27H27N3O. The molecule has 3 aromatic carbocycles. The molecule has 0 saturated carbocycles. The van der Waals surface area contributed by atoms with Gasteiger partial charge in [-0.1, -0.05) is 60.7 Å². The molecule has 4 aromatic rings. The lowest BCUT2D eigenvalue weighted by Crippen LogP contribution is -2.01. The van der Waals surface area contributed by atoms with E-state index in [1.807, 2.05) is 36.5 Å². The Morgan fingerprint density at radius 1 is 0.871 bits per heavy atom. The van der Waals surface area contributed by atoms with Crippen molar-refractivity contribution in [2.45, 2.75) is 13.8 Å². The van der Waals surface area contributed by atoms with Crippen LogP contribution in [0.5, 0.6) is 5.75 Å². The van der Waals surface area contributed by atoms with Crippen LogP contribution in [0.4, 0.5) is 17.1 Å². The van der Waals surface area contributed by atoms with E-state index in [1.54, 1.807) is 7.11 Å². The standard InChI is InChI=1S/C27H27N3O/c1-19-10-4-6-14-23(19)28-17-9-12-21-18-29-27-22(13-8-16-25(27)31-3)26(21)30-24-15-7-5-11-20(24)2/h4-16,18,28H,17H2,1-3H3,(H,29,30). The number of ether oxygens (including phenoxy) is 1. The molecule has 1 heterocycles. The van der Waals surface area contributed by atoms with E-state index in [0.29, 0.717) is 0 Å². The van der Waals surface area contributed by atoms with Gasteiger partial charge in [0.15, 0.2) is 0 Å². The minimum absolute atomic E-state index is 0.727. The number of fused-ring (bicyclic) bond motifs is 1. The van der Waals surface area contributed by atoms with Gasteiger partial charge in [0.05, 0.1) is 12.8 Å². The molecule has 0 fully saturated rings. The molecule has 2 N–H and O–H groups in total. The van der Waals surface area contributed by atoms with Crippen LogP contribution >= 0.6 is 0 Å². The number of aromatic nitrogens is 1. The number of anilines is 3. The van der Waals surface area contributed by atoms with Gasteiger partial charge in [0.1, 0.15) is 11.3 Å². The molecule has 1 aromatic heterocycles. The molecule has 4 heteroatoms. The summed E-state index contributed by atoms with van der Waals surface area (Å²) in [5.74, 6) is 0.766.